The highest BCUT2D eigenvalue weighted by Gasteiger charge is 2.56. The molecule has 0 amide bonds. The summed E-state index contributed by atoms with van der Waals surface area (Å²) in [6.07, 6.45) is 5.58. The third-order valence-electron chi connectivity index (χ3n) is 6.02. The van der Waals surface area contributed by atoms with Crippen LogP contribution >= 0.6 is 11.6 Å². The topological polar surface area (TPSA) is 0 Å². The molecule has 0 saturated heterocycles. The Morgan fingerprint density at radius 2 is 1.80 bits per heavy atom. The van der Waals surface area contributed by atoms with E-state index in [0.29, 0.717) is 0 Å². The van der Waals surface area contributed by atoms with Crippen molar-refractivity contribution in [2.24, 2.45) is 11.8 Å². The molecule has 3 aliphatic carbocycles. The van der Waals surface area contributed by atoms with Crippen LogP contribution in [0.2, 0.25) is 5.02 Å². The lowest BCUT2D eigenvalue weighted by molar-refractivity contribution is 0.327. The predicted octanol–water partition coefficient (Wildman–Crippen LogP) is 5.43. The fraction of sp³-hybridized carbons (Fsp3) is 0.368. The summed E-state index contributed by atoms with van der Waals surface area (Å²) in [6.45, 7) is 0. The van der Waals surface area contributed by atoms with Gasteiger partial charge in [0.1, 0.15) is 0 Å². The van der Waals surface area contributed by atoms with Crippen LogP contribution in [0.5, 0.6) is 0 Å². The Kier molecular flexibility index (Phi) is 2.10. The fourth-order valence-corrected chi connectivity index (χ4v) is 5.67. The SMILES string of the molecule is Clc1cccc2c1-c1ccccc1[C@]21C[C@H]2CC[C@@H]1C2. The van der Waals surface area contributed by atoms with Gasteiger partial charge in [-0.25, -0.2) is 0 Å². The molecule has 100 valence electrons. The van der Waals surface area contributed by atoms with Crippen LogP contribution in [-0.4, -0.2) is 0 Å². The van der Waals surface area contributed by atoms with Crippen LogP contribution in [0.1, 0.15) is 36.8 Å². The molecule has 2 aromatic rings. The lowest BCUT2D eigenvalue weighted by Crippen LogP contribution is -2.31. The maximum absolute atomic E-state index is 6.56. The van der Waals surface area contributed by atoms with Gasteiger partial charge in [-0.2, -0.15) is 0 Å². The van der Waals surface area contributed by atoms with Gasteiger partial charge >= 0.3 is 0 Å². The number of hydrogen-bond donors (Lipinski definition) is 0. The summed E-state index contributed by atoms with van der Waals surface area (Å²) in [4.78, 5) is 0. The largest absolute Gasteiger partial charge is 0.0837 e. The molecule has 3 atom stereocenters. The van der Waals surface area contributed by atoms with Crippen LogP contribution in [0.3, 0.4) is 0 Å². The average Bonchev–Trinajstić information content (AvgIpc) is 3.14. The van der Waals surface area contributed by atoms with Crippen molar-refractivity contribution in [2.45, 2.75) is 31.1 Å². The van der Waals surface area contributed by atoms with E-state index in [1.54, 1.807) is 5.56 Å². The van der Waals surface area contributed by atoms with E-state index in [2.05, 4.69) is 36.4 Å². The molecule has 1 spiro atoms. The van der Waals surface area contributed by atoms with Crippen LogP contribution in [0.4, 0.5) is 0 Å². The number of fused-ring (bicyclic) bond motifs is 8. The first kappa shape index (κ1) is 11.4. The van der Waals surface area contributed by atoms with Crippen molar-refractivity contribution in [2.75, 3.05) is 0 Å². The van der Waals surface area contributed by atoms with Gasteiger partial charge in [-0.15, -0.1) is 0 Å². The van der Waals surface area contributed by atoms with Crippen molar-refractivity contribution in [1.29, 1.82) is 0 Å². The van der Waals surface area contributed by atoms with Gasteiger partial charge < -0.3 is 0 Å². The zero-order chi connectivity index (χ0) is 13.3. The summed E-state index contributed by atoms with van der Waals surface area (Å²) in [5, 5.41) is 0.926. The van der Waals surface area contributed by atoms with Gasteiger partial charge in [-0.3, -0.25) is 0 Å². The molecule has 0 radical (unpaired) electrons. The quantitative estimate of drug-likeness (QED) is 0.604. The van der Waals surface area contributed by atoms with E-state index in [1.807, 2.05) is 6.07 Å². The van der Waals surface area contributed by atoms with Gasteiger partial charge in [-0.05, 0) is 53.9 Å². The zero-order valence-electron chi connectivity index (χ0n) is 11.4. The monoisotopic (exact) mass is 280 g/mol. The molecule has 0 unspecified atom stereocenters. The molecule has 1 heteroatoms. The van der Waals surface area contributed by atoms with E-state index in [-0.39, 0.29) is 5.41 Å². The summed E-state index contributed by atoms with van der Waals surface area (Å²) in [5.41, 5.74) is 6.05. The van der Waals surface area contributed by atoms with E-state index in [1.165, 1.54) is 42.4 Å². The van der Waals surface area contributed by atoms with E-state index in [9.17, 15) is 0 Å². The van der Waals surface area contributed by atoms with Crippen molar-refractivity contribution in [3.8, 4) is 11.1 Å². The number of rotatable bonds is 0. The molecule has 20 heavy (non-hydrogen) atoms. The Morgan fingerprint density at radius 1 is 0.950 bits per heavy atom. The van der Waals surface area contributed by atoms with Gasteiger partial charge in [0.2, 0.25) is 0 Å². The molecule has 2 fully saturated rings. The van der Waals surface area contributed by atoms with Crippen molar-refractivity contribution >= 4 is 11.6 Å². The highest BCUT2D eigenvalue weighted by Crippen LogP contribution is 2.66. The predicted molar refractivity (Wildman–Crippen MR) is 83.1 cm³/mol. The molecular weight excluding hydrogens is 264 g/mol. The summed E-state index contributed by atoms with van der Waals surface area (Å²) in [5.74, 6) is 1.76. The van der Waals surface area contributed by atoms with E-state index >= 15 is 0 Å². The minimum Gasteiger partial charge on any atom is -0.0837 e. The molecule has 0 N–H and O–H groups in total. The van der Waals surface area contributed by atoms with Crippen molar-refractivity contribution in [3.63, 3.8) is 0 Å². The first-order chi connectivity index (χ1) is 9.80. The van der Waals surface area contributed by atoms with E-state index in [0.717, 1.165) is 16.9 Å². The van der Waals surface area contributed by atoms with Crippen LogP contribution in [0, 0.1) is 11.8 Å². The van der Waals surface area contributed by atoms with Crippen LogP contribution < -0.4 is 0 Å². The normalized spacial score (nSPS) is 32.6. The average molecular weight is 281 g/mol. The van der Waals surface area contributed by atoms with Crippen molar-refractivity contribution in [1.82, 2.24) is 0 Å². The first-order valence-corrected chi connectivity index (χ1v) is 8.07. The Bertz CT molecular complexity index is 717. The highest BCUT2D eigenvalue weighted by molar-refractivity contribution is 6.33. The molecule has 0 heterocycles. The summed E-state index contributed by atoms with van der Waals surface area (Å²) < 4.78 is 0. The lowest BCUT2D eigenvalue weighted by Gasteiger charge is -2.36. The summed E-state index contributed by atoms with van der Waals surface area (Å²) in [6, 6.07) is 15.5. The Balaban J connectivity index is 1.89. The highest BCUT2D eigenvalue weighted by atomic mass is 35.5. The van der Waals surface area contributed by atoms with Crippen LogP contribution in [-0.2, 0) is 5.41 Å². The Morgan fingerprint density at radius 3 is 2.60 bits per heavy atom. The van der Waals surface area contributed by atoms with Crippen molar-refractivity contribution in [3.05, 3.63) is 58.6 Å². The van der Waals surface area contributed by atoms with Crippen LogP contribution in [0.15, 0.2) is 42.5 Å². The van der Waals surface area contributed by atoms with Gasteiger partial charge in [0.05, 0.1) is 0 Å². The lowest BCUT2D eigenvalue weighted by atomic mass is 9.67. The molecule has 3 aliphatic rings. The number of hydrogen-bond acceptors (Lipinski definition) is 0. The molecule has 5 rings (SSSR count). The third kappa shape index (κ3) is 1.16. The smallest absolute Gasteiger partial charge is 0.0487 e. The zero-order valence-corrected chi connectivity index (χ0v) is 12.2. The first-order valence-electron chi connectivity index (χ1n) is 7.69. The van der Waals surface area contributed by atoms with E-state index < -0.39 is 0 Å². The second-order valence-corrected chi connectivity index (χ2v) is 7.17. The van der Waals surface area contributed by atoms with Gasteiger partial charge in [0.15, 0.2) is 0 Å². The van der Waals surface area contributed by atoms with Gasteiger partial charge in [0, 0.05) is 16.0 Å². The third-order valence-corrected chi connectivity index (χ3v) is 6.34. The Hall–Kier alpha value is -1.27. The molecule has 2 bridgehead atoms. The molecule has 0 aliphatic heterocycles. The Labute approximate surface area is 124 Å². The van der Waals surface area contributed by atoms with Crippen molar-refractivity contribution < 1.29 is 0 Å². The standard InChI is InChI=1S/C19H17Cl/c20-17-7-3-6-16-18(17)14-4-1-2-5-15(14)19(16)11-12-8-9-13(19)10-12/h1-7,12-13H,8-11H2/t12-,13+,19+/m0/s1. The van der Waals surface area contributed by atoms with E-state index in [4.69, 9.17) is 11.6 Å². The molecule has 2 aromatic carbocycles. The number of halogens is 1. The van der Waals surface area contributed by atoms with Gasteiger partial charge in [-0.1, -0.05) is 54.4 Å². The van der Waals surface area contributed by atoms with Crippen LogP contribution in [0.25, 0.3) is 11.1 Å². The summed E-state index contributed by atoms with van der Waals surface area (Å²) >= 11 is 6.56. The minimum absolute atomic E-state index is 0.278. The summed E-state index contributed by atoms with van der Waals surface area (Å²) in [7, 11) is 0. The molecule has 0 nitrogen and oxygen atoms in total. The molecular formula is C19H17Cl. The maximum Gasteiger partial charge on any atom is 0.0487 e. The van der Waals surface area contributed by atoms with Gasteiger partial charge in [0.25, 0.3) is 0 Å². The maximum atomic E-state index is 6.56. The fourth-order valence-electron chi connectivity index (χ4n) is 5.39. The minimum atomic E-state index is 0.278. The second kappa shape index (κ2) is 3.68. The molecule has 0 aromatic heterocycles. The second-order valence-electron chi connectivity index (χ2n) is 6.76. The molecule has 2 saturated carbocycles. The number of benzene rings is 2.